The Bertz CT molecular complexity index is 441. The normalized spacial score (nSPS) is 12.8. The van der Waals surface area contributed by atoms with Gasteiger partial charge in [-0.2, -0.15) is 0 Å². The second-order valence-electron chi connectivity index (χ2n) is 6.92. The Morgan fingerprint density at radius 3 is 2.21 bits per heavy atom. The first-order chi connectivity index (χ1) is 13.2. The zero-order valence-corrected chi connectivity index (χ0v) is 18.5. The third-order valence-corrected chi connectivity index (χ3v) is 4.20. The van der Waals surface area contributed by atoms with E-state index < -0.39 is 11.8 Å². The maximum atomic E-state index is 14.2. The molecule has 28 heavy (non-hydrogen) atoms. The molecule has 3 N–H and O–H groups in total. The van der Waals surface area contributed by atoms with Gasteiger partial charge in [0.2, 0.25) is 5.91 Å². The predicted octanol–water partition coefficient (Wildman–Crippen LogP) is 1.34. The van der Waals surface area contributed by atoms with Crippen molar-refractivity contribution in [3.8, 4) is 0 Å². The molecule has 8 nitrogen and oxygen atoms in total. The van der Waals surface area contributed by atoms with Crippen molar-refractivity contribution in [1.29, 1.82) is 0 Å². The van der Waals surface area contributed by atoms with Crippen LogP contribution in [0.2, 0.25) is 0 Å². The highest BCUT2D eigenvalue weighted by Crippen LogP contribution is 2.17. The van der Waals surface area contributed by atoms with Crippen LogP contribution in [0.5, 0.6) is 0 Å². The van der Waals surface area contributed by atoms with E-state index in [1.165, 1.54) is 13.8 Å². The van der Waals surface area contributed by atoms with Gasteiger partial charge in [-0.05, 0) is 20.1 Å². The molecule has 1 atom stereocenters. The van der Waals surface area contributed by atoms with Crippen molar-refractivity contribution >= 4 is 22.9 Å². The van der Waals surface area contributed by atoms with Crippen LogP contribution in [-0.4, -0.2) is 87.9 Å². The third kappa shape index (κ3) is 15.0. The van der Waals surface area contributed by atoms with E-state index in [9.17, 15) is 14.0 Å². The Kier molecular flexibility index (Phi) is 15.4. The smallest absolute Gasteiger partial charge is 0.278 e. The highest BCUT2D eigenvalue weighted by atomic mass is 32.2. The zero-order chi connectivity index (χ0) is 21.4. The van der Waals surface area contributed by atoms with Crippen LogP contribution in [0.4, 0.5) is 9.18 Å². The molecule has 0 fully saturated rings. The summed E-state index contributed by atoms with van der Waals surface area (Å²) in [5.74, 6) is -0.354. The third-order valence-electron chi connectivity index (χ3n) is 3.68. The summed E-state index contributed by atoms with van der Waals surface area (Å²) in [6.07, 6.45) is 0.173. The second kappa shape index (κ2) is 15.9. The molecule has 0 heterocycles. The monoisotopic (exact) mass is 425 g/mol. The van der Waals surface area contributed by atoms with Gasteiger partial charge in [-0.15, -0.1) is 0 Å². The molecule has 0 spiro atoms. The first kappa shape index (κ1) is 27.1. The van der Waals surface area contributed by atoms with E-state index in [0.29, 0.717) is 39.0 Å². The fourth-order valence-corrected chi connectivity index (χ4v) is 2.12. The zero-order valence-electron chi connectivity index (χ0n) is 17.6. The van der Waals surface area contributed by atoms with Crippen LogP contribution in [0.25, 0.3) is 0 Å². The molecule has 0 bridgehead atoms. The lowest BCUT2D eigenvalue weighted by Crippen LogP contribution is -2.45. The van der Waals surface area contributed by atoms with Crippen molar-refractivity contribution in [2.24, 2.45) is 0 Å². The molecule has 1 unspecified atom stereocenters. The maximum Gasteiger partial charge on any atom is 0.278 e. The van der Waals surface area contributed by atoms with Crippen LogP contribution in [0.15, 0.2) is 0 Å². The number of hydrogen-bond donors (Lipinski definition) is 3. The van der Waals surface area contributed by atoms with E-state index in [1.807, 2.05) is 0 Å². The molecule has 0 saturated heterocycles. The molecular formula is C18H36FN3O5S. The van der Waals surface area contributed by atoms with Gasteiger partial charge in [-0.25, -0.2) is 4.39 Å². The first-order valence-corrected chi connectivity index (χ1v) is 10.7. The number of nitrogens with one attached hydrogen (secondary N) is 3. The van der Waals surface area contributed by atoms with Crippen molar-refractivity contribution in [2.45, 2.75) is 45.5 Å². The minimum absolute atomic E-state index is 0.169. The van der Waals surface area contributed by atoms with Crippen molar-refractivity contribution in [1.82, 2.24) is 16.0 Å². The molecule has 0 aromatic rings. The molecule has 0 radical (unpaired) electrons. The predicted molar refractivity (Wildman–Crippen MR) is 110 cm³/mol. The van der Waals surface area contributed by atoms with Crippen molar-refractivity contribution < 1.29 is 28.2 Å². The molecule has 166 valence electrons. The van der Waals surface area contributed by atoms with Crippen LogP contribution < -0.4 is 16.0 Å². The van der Waals surface area contributed by atoms with Gasteiger partial charge in [0.05, 0.1) is 38.6 Å². The Morgan fingerprint density at radius 1 is 1.04 bits per heavy atom. The summed E-state index contributed by atoms with van der Waals surface area (Å²) >= 11 is 0.972. The van der Waals surface area contributed by atoms with Gasteiger partial charge in [0.25, 0.3) is 5.24 Å². The molecule has 0 saturated carbocycles. The maximum absolute atomic E-state index is 14.2. The lowest BCUT2D eigenvalue weighted by Gasteiger charge is -2.28. The van der Waals surface area contributed by atoms with Gasteiger partial charge in [0, 0.05) is 19.1 Å². The Morgan fingerprint density at radius 2 is 1.64 bits per heavy atom. The van der Waals surface area contributed by atoms with E-state index in [0.717, 1.165) is 18.3 Å². The Balaban J connectivity index is 3.69. The van der Waals surface area contributed by atoms with Gasteiger partial charge in [0.1, 0.15) is 12.8 Å². The van der Waals surface area contributed by atoms with E-state index in [1.54, 1.807) is 6.26 Å². The summed E-state index contributed by atoms with van der Waals surface area (Å²) in [5, 5.41) is 8.01. The molecule has 0 aliphatic rings. The number of thioether (sulfide) groups is 1. The number of alkyl halides is 1. The number of ether oxygens (including phenoxy) is 3. The van der Waals surface area contributed by atoms with E-state index in [-0.39, 0.29) is 24.3 Å². The van der Waals surface area contributed by atoms with Gasteiger partial charge >= 0.3 is 0 Å². The summed E-state index contributed by atoms with van der Waals surface area (Å²) in [6, 6.07) is 0.440. The SMILES string of the molecule is CSC(=O)NCC(F)C(C)(C)OCC(=O)NCCOCCOCCNC(C)C. The standard InChI is InChI=1S/C18H36FN3O5S/c1-14(2)20-6-8-25-10-11-26-9-7-21-16(23)13-27-18(3,4)15(19)12-22-17(24)28-5/h14-15,20H,6-13H2,1-5H3,(H,21,23)(H,22,24). The van der Waals surface area contributed by atoms with E-state index in [2.05, 4.69) is 29.8 Å². The van der Waals surface area contributed by atoms with Crippen LogP contribution in [0.1, 0.15) is 27.7 Å². The Hall–Kier alpha value is -0.940. The summed E-state index contributed by atoms with van der Waals surface area (Å²) in [4.78, 5) is 22.9. The fraction of sp³-hybridized carbons (Fsp3) is 0.889. The summed E-state index contributed by atoms with van der Waals surface area (Å²) < 4.78 is 30.3. The molecular weight excluding hydrogens is 389 g/mol. The topological polar surface area (TPSA) is 97.9 Å². The van der Waals surface area contributed by atoms with Gasteiger partial charge < -0.3 is 30.2 Å². The van der Waals surface area contributed by atoms with Crippen LogP contribution in [0.3, 0.4) is 0 Å². The number of rotatable bonds is 16. The number of halogens is 1. The summed E-state index contributed by atoms with van der Waals surface area (Å²) in [7, 11) is 0. The second-order valence-corrected chi connectivity index (χ2v) is 7.69. The van der Waals surface area contributed by atoms with E-state index >= 15 is 0 Å². The van der Waals surface area contributed by atoms with Gasteiger partial charge in [-0.1, -0.05) is 25.6 Å². The summed E-state index contributed by atoms with van der Waals surface area (Å²) in [6.45, 7) is 9.85. The molecule has 10 heteroatoms. The molecule has 0 aliphatic heterocycles. The number of hydrogen-bond acceptors (Lipinski definition) is 7. The minimum atomic E-state index is -1.43. The minimum Gasteiger partial charge on any atom is -0.378 e. The Labute approximate surface area is 172 Å². The molecule has 0 aliphatic carbocycles. The summed E-state index contributed by atoms with van der Waals surface area (Å²) in [5.41, 5.74) is -1.19. The molecule has 0 rings (SSSR count). The number of carbonyl (C=O) groups is 2. The largest absolute Gasteiger partial charge is 0.378 e. The first-order valence-electron chi connectivity index (χ1n) is 9.44. The van der Waals surface area contributed by atoms with Crippen molar-refractivity contribution in [3.63, 3.8) is 0 Å². The van der Waals surface area contributed by atoms with Crippen LogP contribution in [-0.2, 0) is 19.0 Å². The fourth-order valence-electron chi connectivity index (χ4n) is 1.89. The molecule has 0 aromatic heterocycles. The van der Waals surface area contributed by atoms with E-state index in [4.69, 9.17) is 14.2 Å². The molecule has 2 amide bonds. The quantitative estimate of drug-likeness (QED) is 0.321. The average molecular weight is 426 g/mol. The van der Waals surface area contributed by atoms with Crippen molar-refractivity contribution in [2.75, 3.05) is 58.9 Å². The molecule has 0 aromatic carbocycles. The van der Waals surface area contributed by atoms with Crippen LogP contribution in [0, 0.1) is 0 Å². The number of amides is 2. The highest BCUT2D eigenvalue weighted by molar-refractivity contribution is 8.12. The van der Waals surface area contributed by atoms with Crippen LogP contribution >= 0.6 is 11.8 Å². The lowest BCUT2D eigenvalue weighted by atomic mass is 10.0. The van der Waals surface area contributed by atoms with Gasteiger partial charge in [-0.3, -0.25) is 9.59 Å². The van der Waals surface area contributed by atoms with Gasteiger partial charge in [0.15, 0.2) is 0 Å². The lowest BCUT2D eigenvalue weighted by molar-refractivity contribution is -0.135. The average Bonchev–Trinajstić information content (AvgIpc) is 2.65. The van der Waals surface area contributed by atoms with Crippen molar-refractivity contribution in [3.05, 3.63) is 0 Å². The highest BCUT2D eigenvalue weighted by Gasteiger charge is 2.31. The number of carbonyl (C=O) groups excluding carboxylic acids is 2.